The summed E-state index contributed by atoms with van der Waals surface area (Å²) in [6.07, 6.45) is 3.53. The van der Waals surface area contributed by atoms with Crippen LogP contribution >= 0.6 is 34.9 Å². The summed E-state index contributed by atoms with van der Waals surface area (Å²) in [6, 6.07) is 4.60. The maximum Gasteiger partial charge on any atom is 0.276 e. The van der Waals surface area contributed by atoms with Gasteiger partial charge in [0.25, 0.3) is 11.8 Å². The molecule has 11 nitrogen and oxygen atoms in total. The molecule has 14 heteroatoms. The van der Waals surface area contributed by atoms with Gasteiger partial charge in [-0.2, -0.15) is 11.8 Å². The highest BCUT2D eigenvalue weighted by molar-refractivity contribution is 8.00. The van der Waals surface area contributed by atoms with E-state index in [1.165, 1.54) is 16.7 Å². The Morgan fingerprint density at radius 2 is 2.09 bits per heavy atom. The molecule has 5 heterocycles. The first-order valence-corrected chi connectivity index (χ1v) is 13.7. The molecular formula is C21H20N6O5S3. The Morgan fingerprint density at radius 3 is 2.71 bits per heavy atom. The van der Waals surface area contributed by atoms with Crippen LogP contribution in [0, 0.1) is 0 Å². The van der Waals surface area contributed by atoms with E-state index in [0.717, 1.165) is 22.8 Å². The molecular weight excluding hydrogens is 512 g/mol. The van der Waals surface area contributed by atoms with Crippen LogP contribution < -0.4 is 20.7 Å². The molecule has 1 unspecified atom stereocenters. The van der Waals surface area contributed by atoms with Crippen molar-refractivity contribution in [2.45, 2.75) is 24.1 Å². The molecule has 2 saturated heterocycles. The van der Waals surface area contributed by atoms with Gasteiger partial charge in [-0.15, -0.1) is 23.1 Å². The van der Waals surface area contributed by atoms with Gasteiger partial charge in [0.2, 0.25) is 0 Å². The molecule has 0 saturated carbocycles. The number of carboxylic acids is 1. The molecule has 0 bridgehead atoms. The number of aliphatic carboxylic acids is 1. The minimum Gasteiger partial charge on any atom is -0.543 e. The maximum atomic E-state index is 13.1. The van der Waals surface area contributed by atoms with Crippen molar-refractivity contribution in [3.63, 3.8) is 0 Å². The van der Waals surface area contributed by atoms with Crippen molar-refractivity contribution in [1.29, 1.82) is 0 Å². The van der Waals surface area contributed by atoms with Crippen LogP contribution in [-0.4, -0.2) is 68.2 Å². The van der Waals surface area contributed by atoms with Crippen LogP contribution in [0.4, 0.5) is 5.13 Å². The lowest BCUT2D eigenvalue weighted by Crippen LogP contribution is -2.71. The number of rotatable bonds is 8. The largest absolute Gasteiger partial charge is 0.543 e. The second-order valence-electron chi connectivity index (χ2n) is 7.92. The van der Waals surface area contributed by atoms with Crippen LogP contribution in [0.2, 0.25) is 0 Å². The zero-order valence-corrected chi connectivity index (χ0v) is 20.6. The molecule has 2 fully saturated rings. The number of carbonyl (C=O) groups is 3. The lowest BCUT2D eigenvalue weighted by Gasteiger charge is -2.50. The molecule has 0 spiro atoms. The Kier molecular flexibility index (Phi) is 6.67. The summed E-state index contributed by atoms with van der Waals surface area (Å²) in [4.78, 5) is 48.8. The van der Waals surface area contributed by atoms with E-state index in [0.29, 0.717) is 17.9 Å². The number of fused-ring (bicyclic) bond motifs is 1. The predicted octanol–water partition coefficient (Wildman–Crippen LogP) is -1.05. The Bertz CT molecular complexity index is 1230. The molecule has 3 aliphatic rings. The molecule has 5 rings (SSSR count). The minimum absolute atomic E-state index is 0.0845. The van der Waals surface area contributed by atoms with Crippen LogP contribution in [-0.2, 0) is 25.8 Å². The highest BCUT2D eigenvalue weighted by Crippen LogP contribution is 2.40. The number of amides is 2. The van der Waals surface area contributed by atoms with Crippen molar-refractivity contribution >= 4 is 63.5 Å². The number of carboxylic acid groups (broad SMARTS) is 1. The van der Waals surface area contributed by atoms with Gasteiger partial charge in [-0.3, -0.25) is 14.5 Å². The SMILES string of the molecule is Nc1nc(C(=NOC2CSC2)C(=O)NC2C(=O)N3C(C(=O)[O-])=C(C[n+]4ccccc4)CS[C@H]23)cs1. The highest BCUT2D eigenvalue weighted by atomic mass is 32.2. The molecule has 3 aliphatic heterocycles. The van der Waals surface area contributed by atoms with Gasteiger partial charge >= 0.3 is 0 Å². The van der Waals surface area contributed by atoms with E-state index in [9.17, 15) is 19.5 Å². The van der Waals surface area contributed by atoms with E-state index in [2.05, 4.69) is 15.5 Å². The molecule has 182 valence electrons. The van der Waals surface area contributed by atoms with Gasteiger partial charge in [0.05, 0.1) is 11.7 Å². The van der Waals surface area contributed by atoms with Gasteiger partial charge in [-0.05, 0) is 0 Å². The molecule has 2 aromatic heterocycles. The third-order valence-electron chi connectivity index (χ3n) is 5.56. The van der Waals surface area contributed by atoms with E-state index in [-0.39, 0.29) is 28.3 Å². The quantitative estimate of drug-likeness (QED) is 0.188. The second-order valence-corrected chi connectivity index (χ2v) is 11.0. The first-order valence-electron chi connectivity index (χ1n) is 10.6. The van der Waals surface area contributed by atoms with Gasteiger partial charge < -0.3 is 25.8 Å². The molecule has 2 amide bonds. The Balaban J connectivity index is 1.33. The summed E-state index contributed by atoms with van der Waals surface area (Å²) < 4.78 is 1.82. The number of hydrogen-bond donors (Lipinski definition) is 2. The van der Waals surface area contributed by atoms with Crippen LogP contribution in [0.15, 0.2) is 52.4 Å². The number of carbonyl (C=O) groups excluding carboxylic acids is 3. The number of β-lactam (4-membered cyclic amide) rings is 1. The number of nitrogen functional groups attached to an aromatic ring is 1. The molecule has 0 aromatic carbocycles. The molecule has 2 aromatic rings. The summed E-state index contributed by atoms with van der Waals surface area (Å²) >= 11 is 4.24. The first-order chi connectivity index (χ1) is 16.9. The smallest absolute Gasteiger partial charge is 0.276 e. The Morgan fingerprint density at radius 1 is 1.31 bits per heavy atom. The van der Waals surface area contributed by atoms with Crippen molar-refractivity contribution in [1.82, 2.24) is 15.2 Å². The number of oxime groups is 1. The lowest BCUT2D eigenvalue weighted by atomic mass is 10.0. The maximum absolute atomic E-state index is 13.1. The normalized spacial score (nSPS) is 22.2. The van der Waals surface area contributed by atoms with Gasteiger partial charge in [0.1, 0.15) is 23.2 Å². The van der Waals surface area contributed by atoms with Crippen molar-refractivity contribution in [2.24, 2.45) is 5.16 Å². The molecule has 0 radical (unpaired) electrons. The summed E-state index contributed by atoms with van der Waals surface area (Å²) in [5.74, 6) is -0.683. The van der Waals surface area contributed by atoms with Crippen molar-refractivity contribution in [3.8, 4) is 0 Å². The van der Waals surface area contributed by atoms with E-state index < -0.39 is 29.2 Å². The van der Waals surface area contributed by atoms with Gasteiger partial charge in [0, 0.05) is 40.3 Å². The number of hydrogen-bond acceptors (Lipinski definition) is 11. The zero-order chi connectivity index (χ0) is 24.5. The van der Waals surface area contributed by atoms with Gasteiger partial charge in [-0.25, -0.2) is 9.55 Å². The second kappa shape index (κ2) is 9.87. The number of thioether (sulfide) groups is 2. The molecule has 0 aliphatic carbocycles. The van der Waals surface area contributed by atoms with E-state index in [4.69, 9.17) is 10.6 Å². The van der Waals surface area contributed by atoms with Crippen LogP contribution in [0.3, 0.4) is 0 Å². The predicted molar refractivity (Wildman–Crippen MR) is 129 cm³/mol. The number of aromatic nitrogens is 2. The lowest BCUT2D eigenvalue weighted by molar-refractivity contribution is -0.689. The third-order valence-corrected chi connectivity index (χ3v) is 8.79. The fraction of sp³-hybridized carbons (Fsp3) is 0.333. The van der Waals surface area contributed by atoms with Crippen LogP contribution in [0.25, 0.3) is 0 Å². The van der Waals surface area contributed by atoms with Gasteiger partial charge in [0.15, 0.2) is 29.8 Å². The fourth-order valence-corrected chi connectivity index (χ4v) is 6.20. The van der Waals surface area contributed by atoms with E-state index in [1.807, 2.05) is 35.2 Å². The number of thiazole rings is 1. The number of nitrogens with two attached hydrogens (primary N) is 1. The zero-order valence-electron chi connectivity index (χ0n) is 18.2. The molecule has 2 atom stereocenters. The monoisotopic (exact) mass is 532 g/mol. The fourth-order valence-electron chi connectivity index (χ4n) is 3.77. The Hall–Kier alpha value is -3.10. The standard InChI is InChI=1S/C21H20N6O5S3/c22-21-23-13(10-35-21)14(25-32-12-8-33-9-12)17(28)24-15-18(29)27-16(20(30)31)11(7-34-19(15)27)6-26-4-2-1-3-5-26/h1-5,10,12,15,19H,6-9H2,(H3-,22,23,24,28,30,31)/t15?,19-/m1/s1. The van der Waals surface area contributed by atoms with Crippen LogP contribution in [0.5, 0.6) is 0 Å². The summed E-state index contributed by atoms with van der Waals surface area (Å²) in [6.45, 7) is 0.309. The first kappa shape index (κ1) is 23.6. The number of anilines is 1. The van der Waals surface area contributed by atoms with Crippen molar-refractivity contribution < 1.29 is 28.9 Å². The number of nitrogens with zero attached hydrogens (tertiary/aromatic N) is 4. The summed E-state index contributed by atoms with van der Waals surface area (Å²) in [5, 5.41) is 19.9. The average Bonchev–Trinajstić information content (AvgIpc) is 3.24. The topological polar surface area (TPSA) is 154 Å². The molecule has 3 N–H and O–H groups in total. The van der Waals surface area contributed by atoms with Crippen molar-refractivity contribution in [2.75, 3.05) is 23.0 Å². The van der Waals surface area contributed by atoms with Crippen molar-refractivity contribution in [3.05, 3.63) is 52.9 Å². The molecule has 35 heavy (non-hydrogen) atoms. The Labute approximate surface area is 212 Å². The van der Waals surface area contributed by atoms with E-state index in [1.54, 1.807) is 17.1 Å². The summed E-state index contributed by atoms with van der Waals surface area (Å²) in [7, 11) is 0. The average molecular weight is 533 g/mol. The minimum atomic E-state index is -1.42. The van der Waals surface area contributed by atoms with Crippen LogP contribution in [0.1, 0.15) is 5.69 Å². The highest BCUT2D eigenvalue weighted by Gasteiger charge is 2.53. The number of pyridine rings is 1. The summed E-state index contributed by atoms with van der Waals surface area (Å²) in [5.41, 5.74) is 6.29. The van der Waals surface area contributed by atoms with Gasteiger partial charge in [-0.1, -0.05) is 11.2 Å². The van der Waals surface area contributed by atoms with E-state index >= 15 is 0 Å². The number of nitrogens with one attached hydrogen (secondary N) is 1. The third kappa shape index (κ3) is 4.73.